The summed E-state index contributed by atoms with van der Waals surface area (Å²) in [4.78, 5) is 38.4. The summed E-state index contributed by atoms with van der Waals surface area (Å²) in [5, 5.41) is 5.92. The third-order valence-electron chi connectivity index (χ3n) is 4.86. The van der Waals surface area contributed by atoms with Crippen molar-refractivity contribution in [2.45, 2.75) is 32.2 Å². The van der Waals surface area contributed by atoms with E-state index in [1.807, 2.05) is 37.3 Å². The highest BCUT2D eigenvalue weighted by Crippen LogP contribution is 2.24. The van der Waals surface area contributed by atoms with Gasteiger partial charge in [-0.1, -0.05) is 48.0 Å². The number of anilines is 1. The molecule has 0 unspecified atom stereocenters. The van der Waals surface area contributed by atoms with Gasteiger partial charge in [0.1, 0.15) is 12.1 Å². The van der Waals surface area contributed by atoms with Crippen molar-refractivity contribution in [2.75, 3.05) is 11.9 Å². The Morgan fingerprint density at radius 2 is 1.89 bits per heavy atom. The fraction of sp³-hybridized carbons (Fsp3) is 0.286. The molecule has 0 bridgehead atoms. The van der Waals surface area contributed by atoms with Gasteiger partial charge in [0.15, 0.2) is 0 Å². The number of halogens is 1. The van der Waals surface area contributed by atoms with Crippen LogP contribution >= 0.6 is 11.6 Å². The second-order valence-electron chi connectivity index (χ2n) is 7.15. The zero-order valence-corrected chi connectivity index (χ0v) is 16.5. The van der Waals surface area contributed by atoms with E-state index in [1.54, 1.807) is 25.1 Å². The summed E-state index contributed by atoms with van der Waals surface area (Å²) in [5.41, 5.74) is 1.46. The topological polar surface area (TPSA) is 78.5 Å². The van der Waals surface area contributed by atoms with Crippen LogP contribution in [0.4, 0.5) is 10.5 Å². The van der Waals surface area contributed by atoms with Gasteiger partial charge in [-0.15, -0.1) is 0 Å². The van der Waals surface area contributed by atoms with Gasteiger partial charge in [0.25, 0.3) is 5.91 Å². The van der Waals surface area contributed by atoms with Crippen molar-refractivity contribution < 1.29 is 14.4 Å². The Morgan fingerprint density at radius 1 is 1.18 bits per heavy atom. The molecule has 28 heavy (non-hydrogen) atoms. The Labute approximate surface area is 168 Å². The Balaban J connectivity index is 1.62. The first kappa shape index (κ1) is 19.9. The minimum absolute atomic E-state index is 0.350. The Bertz CT molecular complexity index is 916. The van der Waals surface area contributed by atoms with Crippen molar-refractivity contribution in [2.24, 2.45) is 0 Å². The highest BCUT2D eigenvalue weighted by Gasteiger charge is 2.47. The molecule has 0 aliphatic carbocycles. The van der Waals surface area contributed by atoms with Crippen LogP contribution < -0.4 is 10.6 Å². The number of urea groups is 1. The number of nitrogens with one attached hydrogen (secondary N) is 2. The predicted octanol–water partition coefficient (Wildman–Crippen LogP) is 3.53. The lowest BCUT2D eigenvalue weighted by Gasteiger charge is -2.21. The molecule has 2 aromatic rings. The highest BCUT2D eigenvalue weighted by molar-refractivity contribution is 6.31. The van der Waals surface area contributed by atoms with E-state index in [1.165, 1.54) is 0 Å². The van der Waals surface area contributed by atoms with E-state index in [2.05, 4.69) is 10.6 Å². The van der Waals surface area contributed by atoms with Gasteiger partial charge in [0.2, 0.25) is 5.91 Å². The molecular formula is C21H22ClN3O3. The van der Waals surface area contributed by atoms with E-state index < -0.39 is 23.4 Å². The third kappa shape index (κ3) is 4.34. The third-order valence-corrected chi connectivity index (χ3v) is 5.27. The SMILES string of the molecule is Cc1ccc(NC(=O)CN2C(=O)N[C@@](C)(CCc3ccccc3)C2=O)cc1Cl. The molecular weight excluding hydrogens is 378 g/mol. The molecule has 6 nitrogen and oxygen atoms in total. The molecule has 0 saturated carbocycles. The summed E-state index contributed by atoms with van der Waals surface area (Å²) in [6.07, 6.45) is 1.10. The average molecular weight is 400 g/mol. The van der Waals surface area contributed by atoms with E-state index >= 15 is 0 Å². The molecule has 1 fully saturated rings. The molecule has 1 saturated heterocycles. The zero-order chi connectivity index (χ0) is 20.3. The van der Waals surface area contributed by atoms with Crippen molar-refractivity contribution in [1.82, 2.24) is 10.2 Å². The summed E-state index contributed by atoms with van der Waals surface area (Å²) in [6.45, 7) is 3.20. The van der Waals surface area contributed by atoms with Crippen molar-refractivity contribution in [3.8, 4) is 0 Å². The Kier molecular flexibility index (Phi) is 5.70. The second kappa shape index (κ2) is 8.02. The molecule has 0 radical (unpaired) electrons. The van der Waals surface area contributed by atoms with E-state index in [9.17, 15) is 14.4 Å². The molecule has 4 amide bonds. The molecule has 1 aliphatic heterocycles. The number of imide groups is 1. The normalized spacial score (nSPS) is 18.9. The van der Waals surface area contributed by atoms with Crippen molar-refractivity contribution in [3.05, 3.63) is 64.7 Å². The summed E-state index contributed by atoms with van der Waals surface area (Å²) < 4.78 is 0. The summed E-state index contributed by atoms with van der Waals surface area (Å²) in [6, 6.07) is 14.3. The molecule has 3 rings (SSSR count). The lowest BCUT2D eigenvalue weighted by molar-refractivity contribution is -0.133. The maximum atomic E-state index is 12.8. The number of aryl methyl sites for hydroxylation is 2. The maximum Gasteiger partial charge on any atom is 0.325 e. The number of hydrogen-bond acceptors (Lipinski definition) is 3. The number of nitrogens with zero attached hydrogens (tertiary/aromatic N) is 1. The van der Waals surface area contributed by atoms with Crippen molar-refractivity contribution in [1.29, 1.82) is 0 Å². The van der Waals surface area contributed by atoms with Crippen LogP contribution in [0.25, 0.3) is 0 Å². The van der Waals surface area contributed by atoms with Crippen LogP contribution in [0.15, 0.2) is 48.5 Å². The van der Waals surface area contributed by atoms with Gasteiger partial charge in [-0.25, -0.2) is 4.79 Å². The summed E-state index contributed by atoms with van der Waals surface area (Å²) >= 11 is 6.06. The molecule has 0 aromatic heterocycles. The molecule has 146 valence electrons. The maximum absolute atomic E-state index is 12.8. The number of hydrogen-bond donors (Lipinski definition) is 2. The van der Waals surface area contributed by atoms with Gasteiger partial charge in [-0.3, -0.25) is 14.5 Å². The molecule has 7 heteroatoms. The largest absolute Gasteiger partial charge is 0.325 e. The van der Waals surface area contributed by atoms with Gasteiger partial charge >= 0.3 is 6.03 Å². The molecule has 2 aromatic carbocycles. The first-order valence-electron chi connectivity index (χ1n) is 9.02. The quantitative estimate of drug-likeness (QED) is 0.729. The van der Waals surface area contributed by atoms with Crippen LogP contribution in [0.3, 0.4) is 0 Å². The van der Waals surface area contributed by atoms with Gasteiger partial charge in [-0.2, -0.15) is 0 Å². The van der Waals surface area contributed by atoms with E-state index in [4.69, 9.17) is 11.6 Å². The molecule has 0 spiro atoms. The van der Waals surface area contributed by atoms with Gasteiger partial charge in [0.05, 0.1) is 0 Å². The standard InChI is InChI=1S/C21H22ClN3O3/c1-14-8-9-16(12-17(14)22)23-18(26)13-25-19(27)21(2,24-20(25)28)11-10-15-6-4-3-5-7-15/h3-9,12H,10-11,13H2,1-2H3,(H,23,26)(H,24,28)/t21-/m0/s1. The number of benzene rings is 2. The fourth-order valence-electron chi connectivity index (χ4n) is 3.11. The zero-order valence-electron chi connectivity index (χ0n) is 15.8. The smallest absolute Gasteiger partial charge is 0.324 e. The van der Waals surface area contributed by atoms with Crippen LogP contribution in [0.1, 0.15) is 24.5 Å². The number of rotatable bonds is 6. The van der Waals surface area contributed by atoms with Crippen molar-refractivity contribution in [3.63, 3.8) is 0 Å². The van der Waals surface area contributed by atoms with Gasteiger partial charge < -0.3 is 10.6 Å². The van der Waals surface area contributed by atoms with Gasteiger partial charge in [-0.05, 0) is 49.9 Å². The van der Waals surface area contributed by atoms with E-state index in [0.717, 1.165) is 16.0 Å². The Morgan fingerprint density at radius 3 is 2.57 bits per heavy atom. The second-order valence-corrected chi connectivity index (χ2v) is 7.56. The summed E-state index contributed by atoms with van der Waals surface area (Å²) in [7, 11) is 0. The Hall–Kier alpha value is -2.86. The number of carbonyl (C=O) groups is 3. The van der Waals surface area contributed by atoms with Crippen molar-refractivity contribution >= 4 is 35.1 Å². The predicted molar refractivity (Wildman–Crippen MR) is 108 cm³/mol. The lowest BCUT2D eigenvalue weighted by Crippen LogP contribution is -2.45. The monoisotopic (exact) mass is 399 g/mol. The van der Waals surface area contributed by atoms with Crippen LogP contribution in [0.2, 0.25) is 5.02 Å². The molecule has 1 aliphatic rings. The van der Waals surface area contributed by atoms with Gasteiger partial charge in [0, 0.05) is 10.7 Å². The molecule has 1 heterocycles. The number of amides is 4. The van der Waals surface area contributed by atoms with E-state index in [0.29, 0.717) is 23.6 Å². The van der Waals surface area contributed by atoms with Crippen LogP contribution in [0.5, 0.6) is 0 Å². The average Bonchev–Trinajstić information content (AvgIpc) is 2.87. The van der Waals surface area contributed by atoms with E-state index in [-0.39, 0.29) is 6.54 Å². The first-order valence-corrected chi connectivity index (χ1v) is 9.40. The van der Waals surface area contributed by atoms with Crippen LogP contribution in [0, 0.1) is 6.92 Å². The number of carbonyl (C=O) groups excluding carboxylic acids is 3. The first-order chi connectivity index (χ1) is 13.3. The fourth-order valence-corrected chi connectivity index (χ4v) is 3.29. The lowest BCUT2D eigenvalue weighted by atomic mass is 9.93. The minimum Gasteiger partial charge on any atom is -0.324 e. The highest BCUT2D eigenvalue weighted by atomic mass is 35.5. The minimum atomic E-state index is -1.03. The molecule has 1 atom stereocenters. The van der Waals surface area contributed by atoms with Crippen LogP contribution in [-0.4, -0.2) is 34.8 Å². The molecule has 2 N–H and O–H groups in total. The van der Waals surface area contributed by atoms with Crippen LogP contribution in [-0.2, 0) is 16.0 Å². The summed E-state index contributed by atoms with van der Waals surface area (Å²) in [5.74, 6) is -0.860.